The Bertz CT molecular complexity index is 684. The maximum Gasteiger partial charge on any atom is 0.252 e. The smallest absolute Gasteiger partial charge is 0.252 e. The van der Waals surface area contributed by atoms with Gasteiger partial charge in [0.1, 0.15) is 4.21 Å². The zero-order valence-electron chi connectivity index (χ0n) is 13.1. The molecule has 1 amide bonds. The molecular formula is C14H21N3O5S2. The van der Waals surface area contributed by atoms with Crippen molar-refractivity contribution in [3.8, 4) is 0 Å². The molecule has 3 N–H and O–H groups in total. The number of carbonyl (C=O) groups excluding carboxylic acids is 1. The Morgan fingerprint density at radius 3 is 2.83 bits per heavy atom. The second-order valence-corrected chi connectivity index (χ2v) is 8.94. The Balaban J connectivity index is 1.62. The number of aliphatic hydroxyl groups excluding tert-OH is 1. The highest BCUT2D eigenvalue weighted by atomic mass is 32.2. The number of carbonyl (C=O) groups is 1. The highest BCUT2D eigenvalue weighted by Crippen LogP contribution is 2.24. The van der Waals surface area contributed by atoms with Crippen LogP contribution in [0, 0.1) is 5.92 Å². The normalized spacial score (nSPS) is 25.7. The number of ether oxygens (including phenoxy) is 1. The average Bonchev–Trinajstić information content (AvgIpc) is 3.23. The van der Waals surface area contributed by atoms with Crippen molar-refractivity contribution < 1.29 is 23.1 Å². The van der Waals surface area contributed by atoms with E-state index in [1.54, 1.807) is 5.38 Å². The SMILES string of the molecule is O=C(NCC1CNCC1O)c1csc(S(=O)(=O)N2CCOCC2)c1. The fourth-order valence-corrected chi connectivity index (χ4v) is 5.46. The maximum absolute atomic E-state index is 12.5. The summed E-state index contributed by atoms with van der Waals surface area (Å²) < 4.78 is 31.8. The fraction of sp³-hybridized carbons (Fsp3) is 0.643. The zero-order chi connectivity index (χ0) is 17.2. The molecule has 2 saturated heterocycles. The third-order valence-corrected chi connectivity index (χ3v) is 7.54. The Hall–Kier alpha value is -1.04. The lowest BCUT2D eigenvalue weighted by atomic mass is 10.1. The number of nitrogens with zero attached hydrogens (tertiary/aromatic N) is 1. The Morgan fingerprint density at radius 2 is 2.17 bits per heavy atom. The molecule has 24 heavy (non-hydrogen) atoms. The van der Waals surface area contributed by atoms with Gasteiger partial charge in [-0.05, 0) is 6.07 Å². The monoisotopic (exact) mass is 375 g/mol. The highest BCUT2D eigenvalue weighted by Gasteiger charge is 2.29. The minimum Gasteiger partial charge on any atom is -0.391 e. The number of morpholine rings is 1. The molecule has 0 saturated carbocycles. The molecule has 1 aromatic heterocycles. The predicted molar refractivity (Wildman–Crippen MR) is 88.6 cm³/mol. The van der Waals surface area contributed by atoms with Crippen LogP contribution in [0.15, 0.2) is 15.7 Å². The fourth-order valence-electron chi connectivity index (χ4n) is 2.74. The van der Waals surface area contributed by atoms with E-state index in [4.69, 9.17) is 4.74 Å². The van der Waals surface area contributed by atoms with Crippen molar-refractivity contribution in [2.75, 3.05) is 45.9 Å². The molecule has 0 bridgehead atoms. The first-order valence-electron chi connectivity index (χ1n) is 7.82. The van der Waals surface area contributed by atoms with Crippen LogP contribution in [0.5, 0.6) is 0 Å². The van der Waals surface area contributed by atoms with Crippen LogP contribution < -0.4 is 10.6 Å². The van der Waals surface area contributed by atoms with Crippen molar-refractivity contribution in [3.63, 3.8) is 0 Å². The van der Waals surface area contributed by atoms with Crippen LogP contribution in [0.1, 0.15) is 10.4 Å². The van der Waals surface area contributed by atoms with E-state index in [0.717, 1.165) is 11.3 Å². The summed E-state index contributed by atoms with van der Waals surface area (Å²) in [5.74, 6) is -0.349. The third kappa shape index (κ3) is 3.79. The summed E-state index contributed by atoms with van der Waals surface area (Å²) in [5.41, 5.74) is 0.326. The number of amides is 1. The second kappa shape index (κ2) is 7.46. The number of sulfonamides is 1. The summed E-state index contributed by atoms with van der Waals surface area (Å²) >= 11 is 1.04. The van der Waals surface area contributed by atoms with Gasteiger partial charge in [0.2, 0.25) is 0 Å². The summed E-state index contributed by atoms with van der Waals surface area (Å²) in [5, 5.41) is 17.1. The Morgan fingerprint density at radius 1 is 1.42 bits per heavy atom. The van der Waals surface area contributed by atoms with E-state index in [9.17, 15) is 18.3 Å². The van der Waals surface area contributed by atoms with Gasteiger partial charge >= 0.3 is 0 Å². The molecule has 2 fully saturated rings. The van der Waals surface area contributed by atoms with E-state index < -0.39 is 16.1 Å². The Labute approximate surface area is 144 Å². The van der Waals surface area contributed by atoms with Crippen molar-refractivity contribution in [2.45, 2.75) is 10.3 Å². The van der Waals surface area contributed by atoms with Crippen LogP contribution >= 0.6 is 11.3 Å². The predicted octanol–water partition coefficient (Wildman–Crippen LogP) is -0.921. The molecule has 3 heterocycles. The van der Waals surface area contributed by atoms with Gasteiger partial charge in [-0.3, -0.25) is 4.79 Å². The Kier molecular flexibility index (Phi) is 5.52. The number of hydrogen-bond donors (Lipinski definition) is 3. The molecule has 0 radical (unpaired) electrons. The van der Waals surface area contributed by atoms with Crippen LogP contribution in [0.2, 0.25) is 0 Å². The van der Waals surface area contributed by atoms with Gasteiger partial charge in [-0.25, -0.2) is 8.42 Å². The summed E-state index contributed by atoms with van der Waals surface area (Å²) in [6.07, 6.45) is -0.468. The van der Waals surface area contributed by atoms with Gasteiger partial charge in [0.25, 0.3) is 15.9 Å². The summed E-state index contributed by atoms with van der Waals surface area (Å²) in [4.78, 5) is 12.2. The molecule has 3 rings (SSSR count). The molecule has 134 valence electrons. The van der Waals surface area contributed by atoms with Gasteiger partial charge in [-0.1, -0.05) is 0 Å². The highest BCUT2D eigenvalue weighted by molar-refractivity contribution is 7.91. The third-order valence-electron chi connectivity index (χ3n) is 4.23. The van der Waals surface area contributed by atoms with E-state index in [1.807, 2.05) is 0 Å². The maximum atomic E-state index is 12.5. The summed E-state index contributed by atoms with van der Waals surface area (Å²) in [6.45, 7) is 2.96. The molecular weight excluding hydrogens is 354 g/mol. The number of β-amino-alcohol motifs (C(OH)–C–C–N with tert-alkyl or cyclic N) is 1. The topological polar surface area (TPSA) is 108 Å². The molecule has 1 aromatic rings. The summed E-state index contributed by atoms with van der Waals surface area (Å²) in [7, 11) is -3.57. The lowest BCUT2D eigenvalue weighted by Crippen LogP contribution is -2.40. The van der Waals surface area contributed by atoms with Gasteiger partial charge in [0, 0.05) is 44.0 Å². The quantitative estimate of drug-likeness (QED) is 0.614. The van der Waals surface area contributed by atoms with Crippen LogP contribution in [-0.2, 0) is 14.8 Å². The van der Waals surface area contributed by atoms with Gasteiger partial charge < -0.3 is 20.5 Å². The van der Waals surface area contributed by atoms with Gasteiger partial charge in [0.15, 0.2) is 0 Å². The van der Waals surface area contributed by atoms with Gasteiger partial charge in [-0.2, -0.15) is 4.31 Å². The molecule has 0 aromatic carbocycles. The van der Waals surface area contributed by atoms with Crippen molar-refractivity contribution in [1.82, 2.24) is 14.9 Å². The number of nitrogens with one attached hydrogen (secondary N) is 2. The minimum absolute atomic E-state index is 0.0239. The lowest BCUT2D eigenvalue weighted by Gasteiger charge is -2.25. The van der Waals surface area contributed by atoms with E-state index >= 15 is 0 Å². The summed E-state index contributed by atoms with van der Waals surface area (Å²) in [6, 6.07) is 1.41. The van der Waals surface area contributed by atoms with Crippen LogP contribution in [0.25, 0.3) is 0 Å². The number of thiophene rings is 1. The van der Waals surface area contributed by atoms with E-state index in [1.165, 1.54) is 10.4 Å². The van der Waals surface area contributed by atoms with Crippen LogP contribution in [-0.4, -0.2) is 75.8 Å². The van der Waals surface area contributed by atoms with Gasteiger partial charge in [0.05, 0.1) is 24.9 Å². The zero-order valence-corrected chi connectivity index (χ0v) is 14.7. The minimum atomic E-state index is -3.57. The molecule has 2 aliphatic heterocycles. The first-order chi connectivity index (χ1) is 11.5. The molecule has 2 aliphatic rings. The number of hydrogen-bond acceptors (Lipinski definition) is 7. The largest absolute Gasteiger partial charge is 0.391 e. The van der Waals surface area contributed by atoms with Crippen LogP contribution in [0.3, 0.4) is 0 Å². The van der Waals surface area contributed by atoms with Crippen molar-refractivity contribution >= 4 is 27.3 Å². The number of rotatable bonds is 5. The van der Waals surface area contributed by atoms with Crippen molar-refractivity contribution in [2.24, 2.45) is 5.92 Å². The van der Waals surface area contributed by atoms with E-state index in [2.05, 4.69) is 10.6 Å². The van der Waals surface area contributed by atoms with Crippen molar-refractivity contribution in [1.29, 1.82) is 0 Å². The first-order valence-corrected chi connectivity index (χ1v) is 10.1. The number of aliphatic hydroxyl groups is 1. The molecule has 0 aliphatic carbocycles. The van der Waals surface area contributed by atoms with Gasteiger partial charge in [-0.15, -0.1) is 11.3 Å². The van der Waals surface area contributed by atoms with Crippen LogP contribution in [0.4, 0.5) is 0 Å². The molecule has 2 atom stereocenters. The molecule has 2 unspecified atom stereocenters. The van der Waals surface area contributed by atoms with E-state index in [-0.39, 0.29) is 16.0 Å². The molecule has 0 spiro atoms. The first kappa shape index (κ1) is 17.8. The van der Waals surface area contributed by atoms with E-state index in [0.29, 0.717) is 51.5 Å². The second-order valence-electron chi connectivity index (χ2n) is 5.87. The average molecular weight is 375 g/mol. The van der Waals surface area contributed by atoms with Crippen molar-refractivity contribution in [3.05, 3.63) is 17.0 Å². The lowest BCUT2D eigenvalue weighted by molar-refractivity contribution is 0.0731. The standard InChI is InChI=1S/C14H21N3O5S2/c18-12-8-15-6-11(12)7-16-14(19)10-5-13(23-9-10)24(20,21)17-1-3-22-4-2-17/h5,9,11-12,15,18H,1-4,6-8H2,(H,16,19). The molecule has 10 heteroatoms. The molecule has 8 nitrogen and oxygen atoms in total.